The summed E-state index contributed by atoms with van der Waals surface area (Å²) in [5.41, 5.74) is 7.33. The largest absolute Gasteiger partial charge is 0.497 e. The van der Waals surface area contributed by atoms with Crippen molar-refractivity contribution in [2.24, 2.45) is 10.8 Å². The van der Waals surface area contributed by atoms with E-state index in [4.69, 9.17) is 28.4 Å². The number of hydrogen-bond acceptors (Lipinski definition) is 6. The Balaban J connectivity index is 1.25. The van der Waals surface area contributed by atoms with Crippen LogP contribution < -0.4 is 28.4 Å². The SMILES string of the molecule is COc1ccc(C2(c3ccc(OC)cc3)C=Cc3c4c(c5cc6c(cc5c3O2)OC(Oc2ccccc2)O6)-c2ccccc2C42CC(C)(C)CC(C)(C)C2)cc1. The molecule has 1 fully saturated rings. The average Bonchev–Trinajstić information content (AvgIpc) is 3.71. The molecule has 1 spiro atoms. The van der Waals surface area contributed by atoms with E-state index in [0.717, 1.165) is 64.0 Å². The normalized spacial score (nSPS) is 19.8. The van der Waals surface area contributed by atoms with Gasteiger partial charge in [-0.05, 0) is 112 Å². The molecule has 56 heavy (non-hydrogen) atoms. The van der Waals surface area contributed by atoms with Gasteiger partial charge in [0.05, 0.1) is 14.2 Å². The Hall–Kier alpha value is -5.88. The molecule has 4 aliphatic rings. The molecule has 6 heteroatoms. The molecule has 0 bridgehead atoms. The summed E-state index contributed by atoms with van der Waals surface area (Å²) in [7, 11) is 3.38. The lowest BCUT2D eigenvalue weighted by molar-refractivity contribution is -0.112. The zero-order valence-corrected chi connectivity index (χ0v) is 32.8. The third-order valence-electron chi connectivity index (χ3n) is 12.3. The monoisotopic (exact) mass is 742 g/mol. The molecule has 10 rings (SSSR count). The van der Waals surface area contributed by atoms with Crippen LogP contribution in [0.1, 0.15) is 74.8 Å². The molecule has 1 atom stereocenters. The predicted molar refractivity (Wildman–Crippen MR) is 220 cm³/mol. The van der Waals surface area contributed by atoms with Crippen molar-refractivity contribution in [3.8, 4) is 45.6 Å². The van der Waals surface area contributed by atoms with Crippen LogP contribution in [0.3, 0.4) is 0 Å². The Labute approximate surface area is 328 Å². The van der Waals surface area contributed by atoms with Crippen molar-refractivity contribution in [1.82, 2.24) is 0 Å². The molecule has 0 saturated heterocycles. The number of benzene rings is 6. The minimum atomic E-state index is -0.967. The minimum Gasteiger partial charge on any atom is -0.497 e. The van der Waals surface area contributed by atoms with E-state index in [1.165, 1.54) is 22.3 Å². The molecule has 6 nitrogen and oxygen atoms in total. The highest BCUT2D eigenvalue weighted by molar-refractivity contribution is 6.09. The van der Waals surface area contributed by atoms with Crippen molar-refractivity contribution in [3.63, 3.8) is 0 Å². The highest BCUT2D eigenvalue weighted by atomic mass is 16.9. The van der Waals surface area contributed by atoms with Gasteiger partial charge in [-0.2, -0.15) is 0 Å². The lowest BCUT2D eigenvalue weighted by Gasteiger charge is -2.52. The summed E-state index contributed by atoms with van der Waals surface area (Å²) in [4.78, 5) is 0. The van der Waals surface area contributed by atoms with Crippen molar-refractivity contribution >= 4 is 16.8 Å². The van der Waals surface area contributed by atoms with Gasteiger partial charge in [-0.1, -0.05) is 101 Å². The van der Waals surface area contributed by atoms with Crippen LogP contribution in [0, 0.1) is 10.8 Å². The standard InChI is InChI=1S/C50H46O6/c1-47(2)28-48(3,4)30-49(29-47)40-15-11-10-14-36(40)43-38-26-41-42(55-46(54-41)53-35-12-8-7-9-13-35)27-39(38)45-37(44(43)49)24-25-50(56-45,31-16-20-33(51-5)21-17-31)32-18-22-34(52-6)23-19-32/h7-27,46H,28-30H2,1-6H3. The molecule has 6 aromatic rings. The number of methoxy groups -OCH3 is 2. The number of hydrogen-bond donors (Lipinski definition) is 0. The van der Waals surface area contributed by atoms with E-state index >= 15 is 0 Å². The van der Waals surface area contributed by atoms with Gasteiger partial charge in [-0.3, -0.25) is 0 Å². The first-order valence-electron chi connectivity index (χ1n) is 19.5. The highest BCUT2D eigenvalue weighted by Crippen LogP contribution is 2.67. The first kappa shape index (κ1) is 34.6. The van der Waals surface area contributed by atoms with Crippen molar-refractivity contribution in [2.75, 3.05) is 14.2 Å². The molecule has 2 heterocycles. The summed E-state index contributed by atoms with van der Waals surface area (Å²) in [5, 5.41) is 2.03. The molecule has 2 aliphatic heterocycles. The van der Waals surface area contributed by atoms with Crippen LogP contribution in [0.2, 0.25) is 0 Å². The van der Waals surface area contributed by atoms with Crippen LogP contribution in [-0.2, 0) is 11.0 Å². The van der Waals surface area contributed by atoms with E-state index < -0.39 is 12.1 Å². The van der Waals surface area contributed by atoms with Crippen LogP contribution in [0.5, 0.6) is 34.5 Å². The van der Waals surface area contributed by atoms with Gasteiger partial charge in [0.15, 0.2) is 17.1 Å². The van der Waals surface area contributed by atoms with E-state index in [1.54, 1.807) is 14.2 Å². The van der Waals surface area contributed by atoms with Crippen LogP contribution in [-0.4, -0.2) is 20.7 Å². The second-order valence-corrected chi connectivity index (χ2v) is 17.4. The van der Waals surface area contributed by atoms with Crippen molar-refractivity contribution in [3.05, 3.63) is 149 Å². The number of ether oxygens (including phenoxy) is 6. The van der Waals surface area contributed by atoms with Crippen molar-refractivity contribution in [1.29, 1.82) is 0 Å². The molecule has 6 aromatic carbocycles. The lowest BCUT2D eigenvalue weighted by atomic mass is 9.52. The van der Waals surface area contributed by atoms with Gasteiger partial charge in [0.1, 0.15) is 23.0 Å². The third-order valence-corrected chi connectivity index (χ3v) is 12.3. The molecular weight excluding hydrogens is 697 g/mol. The van der Waals surface area contributed by atoms with E-state index in [2.05, 4.69) is 101 Å². The molecule has 2 aliphatic carbocycles. The second kappa shape index (κ2) is 12.3. The molecule has 0 N–H and O–H groups in total. The third kappa shape index (κ3) is 5.29. The maximum absolute atomic E-state index is 7.70. The van der Waals surface area contributed by atoms with Gasteiger partial charge in [-0.15, -0.1) is 0 Å². The fourth-order valence-corrected chi connectivity index (χ4v) is 10.9. The average molecular weight is 743 g/mol. The Morgan fingerprint density at radius 2 is 1.18 bits per heavy atom. The summed E-state index contributed by atoms with van der Waals surface area (Å²) in [6, 6.07) is 39.3. The summed E-state index contributed by atoms with van der Waals surface area (Å²) in [6.45, 7) is 8.85. The first-order valence-corrected chi connectivity index (χ1v) is 19.5. The molecule has 1 unspecified atom stereocenters. The minimum absolute atomic E-state index is 0.102. The van der Waals surface area contributed by atoms with E-state index in [-0.39, 0.29) is 16.2 Å². The quantitative estimate of drug-likeness (QED) is 0.169. The molecule has 1 saturated carbocycles. The molecule has 0 radical (unpaired) electrons. The predicted octanol–water partition coefficient (Wildman–Crippen LogP) is 11.8. The molecule has 0 amide bonds. The summed E-state index contributed by atoms with van der Waals surface area (Å²) in [6.07, 6.45) is 7.79. The second-order valence-electron chi connectivity index (χ2n) is 17.4. The lowest BCUT2D eigenvalue weighted by Crippen LogP contribution is -2.44. The first-order chi connectivity index (χ1) is 27.0. The van der Waals surface area contributed by atoms with Crippen LogP contribution in [0.15, 0.2) is 121 Å². The Kier molecular flexibility index (Phi) is 7.61. The number of fused-ring (bicyclic) bond motifs is 11. The fraction of sp³-hybridized carbons (Fsp3) is 0.280. The highest BCUT2D eigenvalue weighted by Gasteiger charge is 2.55. The van der Waals surface area contributed by atoms with Crippen LogP contribution in [0.4, 0.5) is 0 Å². The van der Waals surface area contributed by atoms with Crippen molar-refractivity contribution in [2.45, 2.75) is 64.4 Å². The Morgan fingerprint density at radius 1 is 0.607 bits per heavy atom. The van der Waals surface area contributed by atoms with Crippen molar-refractivity contribution < 1.29 is 28.4 Å². The van der Waals surface area contributed by atoms with E-state index in [9.17, 15) is 0 Å². The summed E-state index contributed by atoms with van der Waals surface area (Å²) >= 11 is 0. The number of rotatable bonds is 6. The maximum atomic E-state index is 7.70. The van der Waals surface area contributed by atoms with Crippen LogP contribution in [0.25, 0.3) is 28.0 Å². The van der Waals surface area contributed by atoms with Gasteiger partial charge in [-0.25, -0.2) is 0 Å². The summed E-state index contributed by atoms with van der Waals surface area (Å²) < 4.78 is 37.9. The van der Waals surface area contributed by atoms with Crippen LogP contribution >= 0.6 is 0 Å². The fourth-order valence-electron chi connectivity index (χ4n) is 10.9. The topological polar surface area (TPSA) is 55.4 Å². The van der Waals surface area contributed by atoms with Gasteiger partial charge in [0, 0.05) is 27.5 Å². The molecule has 0 aromatic heterocycles. The smallest absolute Gasteiger partial charge is 0.406 e. The summed E-state index contributed by atoms with van der Waals surface area (Å²) in [5.74, 6) is 4.31. The Morgan fingerprint density at radius 3 is 1.79 bits per heavy atom. The number of para-hydroxylation sites is 1. The van der Waals surface area contributed by atoms with E-state index in [1.807, 2.05) is 54.6 Å². The zero-order valence-electron chi connectivity index (χ0n) is 32.8. The van der Waals surface area contributed by atoms with Gasteiger partial charge >= 0.3 is 6.48 Å². The molecular formula is C50H46O6. The van der Waals surface area contributed by atoms with E-state index in [0.29, 0.717) is 17.2 Å². The van der Waals surface area contributed by atoms with Gasteiger partial charge in [0.2, 0.25) is 0 Å². The van der Waals surface area contributed by atoms with Gasteiger partial charge in [0.25, 0.3) is 0 Å². The molecule has 282 valence electrons. The maximum Gasteiger partial charge on any atom is 0.406 e. The Bertz CT molecular complexity index is 2470. The van der Waals surface area contributed by atoms with Gasteiger partial charge < -0.3 is 28.4 Å². The zero-order chi connectivity index (χ0) is 38.5.